The molecule has 82 valence electrons. The molecular weight excluding hydrogens is 184 g/mol. The maximum Gasteiger partial charge on any atom is 0.0713 e. The van der Waals surface area contributed by atoms with Gasteiger partial charge in [-0.1, -0.05) is 32.0 Å². The minimum absolute atomic E-state index is 0.360. The lowest BCUT2D eigenvalue weighted by atomic mass is 9.72. The molecule has 0 amide bonds. The van der Waals surface area contributed by atoms with Gasteiger partial charge in [-0.05, 0) is 41.4 Å². The molecule has 15 heavy (non-hydrogen) atoms. The molecule has 2 rings (SSSR count). The zero-order chi connectivity index (χ0) is 10.9. The molecule has 0 atom stereocenters. The Morgan fingerprint density at radius 3 is 2.87 bits per heavy atom. The van der Waals surface area contributed by atoms with Gasteiger partial charge in [0.15, 0.2) is 0 Å². The summed E-state index contributed by atoms with van der Waals surface area (Å²) in [6, 6.07) is 6.82. The molecule has 1 aliphatic rings. The topological polar surface area (TPSA) is 9.23 Å². The molecular formula is C14H20O. The Balaban J connectivity index is 2.36. The van der Waals surface area contributed by atoms with Crippen molar-refractivity contribution in [2.45, 2.75) is 45.1 Å². The van der Waals surface area contributed by atoms with Gasteiger partial charge in [-0.3, -0.25) is 0 Å². The summed E-state index contributed by atoms with van der Waals surface area (Å²) in [5, 5.41) is 0. The van der Waals surface area contributed by atoms with Gasteiger partial charge in [0, 0.05) is 7.11 Å². The van der Waals surface area contributed by atoms with Crippen LogP contribution in [-0.4, -0.2) is 7.11 Å². The number of aryl methyl sites for hydroxylation is 1. The van der Waals surface area contributed by atoms with E-state index in [0.29, 0.717) is 5.41 Å². The van der Waals surface area contributed by atoms with E-state index in [1.807, 2.05) is 0 Å². The Morgan fingerprint density at radius 1 is 1.33 bits per heavy atom. The lowest BCUT2D eigenvalue weighted by molar-refractivity contribution is 0.184. The fraction of sp³-hybridized carbons (Fsp3) is 0.571. The summed E-state index contributed by atoms with van der Waals surface area (Å²) in [5.74, 6) is 0. The van der Waals surface area contributed by atoms with Crippen LogP contribution < -0.4 is 0 Å². The Labute approximate surface area is 92.5 Å². The molecule has 0 aliphatic heterocycles. The van der Waals surface area contributed by atoms with Crippen molar-refractivity contribution in [3.8, 4) is 0 Å². The SMILES string of the molecule is COCc1ccc2c(c1)CCCC2(C)C. The molecule has 1 nitrogen and oxygen atoms in total. The third-order valence-electron chi connectivity index (χ3n) is 3.46. The number of benzene rings is 1. The first-order valence-corrected chi connectivity index (χ1v) is 5.75. The number of hydrogen-bond donors (Lipinski definition) is 0. The van der Waals surface area contributed by atoms with Crippen molar-refractivity contribution < 1.29 is 4.74 Å². The first-order valence-electron chi connectivity index (χ1n) is 5.75. The standard InChI is InChI=1S/C14H20O/c1-14(2)8-4-5-12-9-11(10-15-3)6-7-13(12)14/h6-7,9H,4-5,8,10H2,1-3H3. The van der Waals surface area contributed by atoms with Crippen molar-refractivity contribution in [3.63, 3.8) is 0 Å². The molecule has 1 aromatic rings. The van der Waals surface area contributed by atoms with Crippen LogP contribution in [0.1, 0.15) is 43.4 Å². The normalized spacial score (nSPS) is 18.6. The van der Waals surface area contributed by atoms with Gasteiger partial charge < -0.3 is 4.74 Å². The van der Waals surface area contributed by atoms with Crippen LogP contribution in [0.15, 0.2) is 18.2 Å². The van der Waals surface area contributed by atoms with E-state index in [-0.39, 0.29) is 0 Å². The minimum Gasteiger partial charge on any atom is -0.380 e. The van der Waals surface area contributed by atoms with Crippen molar-refractivity contribution in [1.82, 2.24) is 0 Å². The lowest BCUT2D eigenvalue weighted by Gasteiger charge is -2.32. The number of methoxy groups -OCH3 is 1. The van der Waals surface area contributed by atoms with Gasteiger partial charge in [0.1, 0.15) is 0 Å². The molecule has 0 spiro atoms. The van der Waals surface area contributed by atoms with E-state index in [0.717, 1.165) is 6.61 Å². The van der Waals surface area contributed by atoms with Crippen molar-refractivity contribution in [1.29, 1.82) is 0 Å². The predicted molar refractivity (Wildman–Crippen MR) is 63.1 cm³/mol. The summed E-state index contributed by atoms with van der Waals surface area (Å²) in [6.45, 7) is 5.43. The molecule has 0 saturated carbocycles. The monoisotopic (exact) mass is 204 g/mol. The fourth-order valence-corrected chi connectivity index (χ4v) is 2.63. The summed E-state index contributed by atoms with van der Waals surface area (Å²) >= 11 is 0. The van der Waals surface area contributed by atoms with Crippen LogP contribution in [0.5, 0.6) is 0 Å². The highest BCUT2D eigenvalue weighted by Crippen LogP contribution is 2.36. The van der Waals surface area contributed by atoms with Gasteiger partial charge in [0.05, 0.1) is 6.61 Å². The van der Waals surface area contributed by atoms with Crippen molar-refractivity contribution in [3.05, 3.63) is 34.9 Å². The van der Waals surface area contributed by atoms with Gasteiger partial charge in [0.2, 0.25) is 0 Å². The Hall–Kier alpha value is -0.820. The Morgan fingerprint density at radius 2 is 2.13 bits per heavy atom. The summed E-state index contributed by atoms with van der Waals surface area (Å²) in [4.78, 5) is 0. The first-order chi connectivity index (χ1) is 7.13. The quantitative estimate of drug-likeness (QED) is 0.717. The van der Waals surface area contributed by atoms with Crippen LogP contribution in [0.25, 0.3) is 0 Å². The van der Waals surface area contributed by atoms with Crippen LogP contribution in [0, 0.1) is 0 Å². The smallest absolute Gasteiger partial charge is 0.0713 e. The summed E-state index contributed by atoms with van der Waals surface area (Å²) in [7, 11) is 1.75. The van der Waals surface area contributed by atoms with Gasteiger partial charge in [-0.2, -0.15) is 0 Å². The molecule has 0 aromatic heterocycles. The maximum atomic E-state index is 5.17. The van der Waals surface area contributed by atoms with E-state index in [1.165, 1.54) is 36.0 Å². The summed E-state index contributed by atoms with van der Waals surface area (Å²) < 4.78 is 5.17. The minimum atomic E-state index is 0.360. The van der Waals surface area contributed by atoms with Crippen LogP contribution in [0.2, 0.25) is 0 Å². The van der Waals surface area contributed by atoms with Crippen LogP contribution in [-0.2, 0) is 23.2 Å². The molecule has 0 radical (unpaired) electrons. The molecule has 0 saturated heterocycles. The molecule has 0 heterocycles. The number of rotatable bonds is 2. The average Bonchev–Trinajstić information content (AvgIpc) is 2.17. The molecule has 1 heteroatoms. The average molecular weight is 204 g/mol. The fourth-order valence-electron chi connectivity index (χ4n) is 2.63. The first kappa shape index (κ1) is 10.7. The maximum absolute atomic E-state index is 5.17. The number of ether oxygens (including phenoxy) is 1. The highest BCUT2D eigenvalue weighted by Gasteiger charge is 2.26. The second-order valence-electron chi connectivity index (χ2n) is 5.16. The Bertz CT molecular complexity index is 352. The molecule has 0 bridgehead atoms. The Kier molecular flexibility index (Phi) is 2.83. The zero-order valence-electron chi connectivity index (χ0n) is 9.97. The largest absolute Gasteiger partial charge is 0.380 e. The van der Waals surface area contributed by atoms with Crippen molar-refractivity contribution in [2.75, 3.05) is 7.11 Å². The zero-order valence-corrected chi connectivity index (χ0v) is 9.97. The van der Waals surface area contributed by atoms with E-state index in [1.54, 1.807) is 7.11 Å². The number of fused-ring (bicyclic) bond motifs is 1. The van der Waals surface area contributed by atoms with Gasteiger partial charge in [-0.25, -0.2) is 0 Å². The van der Waals surface area contributed by atoms with Crippen LogP contribution in [0.3, 0.4) is 0 Å². The third kappa shape index (κ3) is 2.07. The highest BCUT2D eigenvalue weighted by molar-refractivity contribution is 5.38. The highest BCUT2D eigenvalue weighted by atomic mass is 16.5. The van der Waals surface area contributed by atoms with Crippen molar-refractivity contribution >= 4 is 0 Å². The predicted octanol–water partition coefficient (Wildman–Crippen LogP) is 3.45. The molecule has 1 aliphatic carbocycles. The van der Waals surface area contributed by atoms with Gasteiger partial charge in [0.25, 0.3) is 0 Å². The molecule has 0 unspecified atom stereocenters. The van der Waals surface area contributed by atoms with Crippen molar-refractivity contribution in [2.24, 2.45) is 0 Å². The van der Waals surface area contributed by atoms with Crippen LogP contribution >= 0.6 is 0 Å². The third-order valence-corrected chi connectivity index (χ3v) is 3.46. The van der Waals surface area contributed by atoms with E-state index in [2.05, 4.69) is 32.0 Å². The second-order valence-corrected chi connectivity index (χ2v) is 5.16. The molecule has 0 N–H and O–H groups in total. The van der Waals surface area contributed by atoms with E-state index < -0.39 is 0 Å². The molecule has 1 aromatic carbocycles. The van der Waals surface area contributed by atoms with E-state index in [4.69, 9.17) is 4.74 Å². The van der Waals surface area contributed by atoms with Crippen LogP contribution in [0.4, 0.5) is 0 Å². The summed E-state index contributed by atoms with van der Waals surface area (Å²) in [6.07, 6.45) is 3.86. The number of hydrogen-bond acceptors (Lipinski definition) is 1. The van der Waals surface area contributed by atoms with E-state index >= 15 is 0 Å². The van der Waals surface area contributed by atoms with Gasteiger partial charge >= 0.3 is 0 Å². The summed E-state index contributed by atoms with van der Waals surface area (Å²) in [5.41, 5.74) is 4.72. The second kappa shape index (κ2) is 3.97. The lowest BCUT2D eigenvalue weighted by Crippen LogP contribution is -2.23. The van der Waals surface area contributed by atoms with Gasteiger partial charge in [-0.15, -0.1) is 0 Å². The molecule has 0 fully saturated rings. The van der Waals surface area contributed by atoms with E-state index in [9.17, 15) is 0 Å².